The van der Waals surface area contributed by atoms with Crippen LogP contribution in [0.2, 0.25) is 0 Å². The average molecular weight is 367 g/mol. The second-order valence-corrected chi connectivity index (χ2v) is 12.3. The van der Waals surface area contributed by atoms with Gasteiger partial charge in [0.1, 0.15) is 5.75 Å². The number of ether oxygens (including phenoxy) is 1. The zero-order valence-electron chi connectivity index (χ0n) is 12.6. The molecular formula is C18H23BrOS. The van der Waals surface area contributed by atoms with Crippen LogP contribution in [0.1, 0.15) is 32.6 Å². The summed E-state index contributed by atoms with van der Waals surface area (Å²) < 4.78 is 6.00. The smallest absolute Gasteiger partial charge is 0.127 e. The van der Waals surface area contributed by atoms with Crippen LogP contribution in [-0.4, -0.2) is 18.1 Å². The fourth-order valence-electron chi connectivity index (χ4n) is 3.00. The molecule has 114 valence electrons. The van der Waals surface area contributed by atoms with Crippen LogP contribution in [0.3, 0.4) is 0 Å². The van der Waals surface area contributed by atoms with Crippen molar-refractivity contribution in [3.63, 3.8) is 0 Å². The predicted octanol–water partition coefficient (Wildman–Crippen LogP) is 6.29. The first-order valence-electron chi connectivity index (χ1n) is 7.87. The van der Waals surface area contributed by atoms with Gasteiger partial charge < -0.3 is 4.74 Å². The molecule has 3 heteroatoms. The quantitative estimate of drug-likeness (QED) is 0.565. The Labute approximate surface area is 136 Å². The van der Waals surface area contributed by atoms with E-state index in [4.69, 9.17) is 4.74 Å². The molecule has 0 unspecified atom stereocenters. The Kier molecular flexibility index (Phi) is 4.80. The Bertz CT molecular complexity index is 620. The summed E-state index contributed by atoms with van der Waals surface area (Å²) >= 11 is 4.11. The van der Waals surface area contributed by atoms with Gasteiger partial charge in [-0.25, -0.2) is 0 Å². The number of benzene rings is 2. The first-order valence-corrected chi connectivity index (χ1v) is 11.7. The third-order valence-electron chi connectivity index (χ3n) is 4.18. The van der Waals surface area contributed by atoms with Crippen molar-refractivity contribution in [3.05, 3.63) is 36.4 Å². The van der Waals surface area contributed by atoms with Crippen LogP contribution in [0.15, 0.2) is 41.3 Å². The summed E-state index contributed by atoms with van der Waals surface area (Å²) in [6, 6.07) is 13.2. The van der Waals surface area contributed by atoms with E-state index < -0.39 is 8.46 Å². The first-order chi connectivity index (χ1) is 10.2. The number of hydrogen-bond donors (Lipinski definition) is 0. The summed E-state index contributed by atoms with van der Waals surface area (Å²) in [6.45, 7) is 3.01. The van der Waals surface area contributed by atoms with E-state index in [1.165, 1.54) is 46.4 Å². The maximum atomic E-state index is 6.00. The molecule has 0 aliphatic carbocycles. The molecule has 0 aromatic heterocycles. The van der Waals surface area contributed by atoms with Crippen molar-refractivity contribution in [1.29, 1.82) is 0 Å². The van der Waals surface area contributed by atoms with Crippen LogP contribution >= 0.6 is 23.3 Å². The van der Waals surface area contributed by atoms with Crippen molar-refractivity contribution in [1.82, 2.24) is 0 Å². The third-order valence-corrected chi connectivity index (χ3v) is 10.2. The number of halogens is 1. The Hall–Kier alpha value is -0.670. The van der Waals surface area contributed by atoms with Crippen LogP contribution < -0.4 is 4.74 Å². The molecule has 0 bridgehead atoms. The van der Waals surface area contributed by atoms with Gasteiger partial charge in [-0.05, 0) is 63.1 Å². The van der Waals surface area contributed by atoms with Gasteiger partial charge in [0.2, 0.25) is 0 Å². The summed E-state index contributed by atoms with van der Waals surface area (Å²) in [5.74, 6) is 3.66. The Morgan fingerprint density at radius 3 is 2.48 bits per heavy atom. The largest absolute Gasteiger partial charge is 0.493 e. The van der Waals surface area contributed by atoms with Gasteiger partial charge >= 0.3 is 0 Å². The third kappa shape index (κ3) is 3.09. The molecule has 2 aromatic rings. The molecule has 0 saturated carbocycles. The van der Waals surface area contributed by atoms with Gasteiger partial charge in [0.15, 0.2) is 0 Å². The summed E-state index contributed by atoms with van der Waals surface area (Å²) in [6.07, 6.45) is 4.99. The van der Waals surface area contributed by atoms with Crippen LogP contribution in [-0.2, 0) is 0 Å². The van der Waals surface area contributed by atoms with Crippen LogP contribution in [0.5, 0.6) is 5.75 Å². The van der Waals surface area contributed by atoms with Gasteiger partial charge in [0.25, 0.3) is 0 Å². The number of fused-ring (bicyclic) bond motifs is 1. The molecule has 2 aromatic carbocycles. The van der Waals surface area contributed by atoms with Gasteiger partial charge in [-0.15, -0.1) is 0 Å². The monoisotopic (exact) mass is 366 g/mol. The molecule has 0 radical (unpaired) electrons. The molecule has 1 fully saturated rings. The lowest BCUT2D eigenvalue weighted by Crippen LogP contribution is -2.00. The highest BCUT2D eigenvalue weighted by Gasteiger charge is 2.29. The molecular weight excluding hydrogens is 344 g/mol. The number of unbranched alkanes of at least 4 members (excludes halogenated alkanes) is 1. The average Bonchev–Trinajstić information content (AvgIpc) is 2.95. The van der Waals surface area contributed by atoms with E-state index >= 15 is 0 Å². The van der Waals surface area contributed by atoms with E-state index in [9.17, 15) is 0 Å². The fourth-order valence-corrected chi connectivity index (χ4v) is 8.07. The SMILES string of the molecule is CCCCOc1ccc(S2(Br)CCCC2)c2ccccc12. The van der Waals surface area contributed by atoms with Crippen molar-refractivity contribution >= 4 is 34.0 Å². The molecule has 1 saturated heterocycles. The molecule has 0 amide bonds. The summed E-state index contributed by atoms with van der Waals surface area (Å²) in [5, 5.41) is 2.64. The van der Waals surface area contributed by atoms with Crippen molar-refractivity contribution in [2.24, 2.45) is 0 Å². The van der Waals surface area contributed by atoms with Crippen molar-refractivity contribution in [2.75, 3.05) is 18.1 Å². The van der Waals surface area contributed by atoms with E-state index in [0.29, 0.717) is 0 Å². The minimum Gasteiger partial charge on any atom is -0.493 e. The zero-order valence-corrected chi connectivity index (χ0v) is 15.0. The highest BCUT2D eigenvalue weighted by molar-refractivity contribution is 9.58. The van der Waals surface area contributed by atoms with Crippen LogP contribution in [0, 0.1) is 0 Å². The standard InChI is InChI=1S/C18H23BrOS/c1-2-3-12-20-17-10-11-18(21(19)13-6-7-14-21)16-9-5-4-8-15(16)17/h4-5,8-11H,2-3,6-7,12-14H2,1H3. The normalized spacial score (nSPS) is 18.8. The number of rotatable bonds is 5. The van der Waals surface area contributed by atoms with Crippen LogP contribution in [0.25, 0.3) is 10.8 Å². The van der Waals surface area contributed by atoms with E-state index in [1.807, 2.05) is 0 Å². The molecule has 3 rings (SSSR count). The number of hydrogen-bond acceptors (Lipinski definition) is 1. The van der Waals surface area contributed by atoms with Gasteiger partial charge in [-0.2, -0.15) is 8.46 Å². The Morgan fingerprint density at radius 2 is 1.76 bits per heavy atom. The van der Waals surface area contributed by atoms with E-state index in [1.54, 1.807) is 0 Å². The summed E-state index contributed by atoms with van der Waals surface area (Å²) in [7, 11) is -0.794. The highest BCUT2D eigenvalue weighted by atomic mass is 79.9. The lowest BCUT2D eigenvalue weighted by atomic mass is 10.1. The Morgan fingerprint density at radius 1 is 1.05 bits per heavy atom. The topological polar surface area (TPSA) is 9.23 Å². The second-order valence-electron chi connectivity index (χ2n) is 5.71. The molecule has 1 nitrogen and oxygen atoms in total. The van der Waals surface area contributed by atoms with Gasteiger partial charge in [-0.1, -0.05) is 37.6 Å². The molecule has 1 aliphatic heterocycles. The Balaban J connectivity index is 2.02. The second kappa shape index (κ2) is 6.62. The maximum absolute atomic E-state index is 6.00. The molecule has 21 heavy (non-hydrogen) atoms. The van der Waals surface area contributed by atoms with Crippen LogP contribution in [0.4, 0.5) is 0 Å². The molecule has 1 heterocycles. The summed E-state index contributed by atoms with van der Waals surface area (Å²) in [5.41, 5.74) is 0. The maximum Gasteiger partial charge on any atom is 0.127 e. The minimum atomic E-state index is -0.794. The van der Waals surface area contributed by atoms with E-state index in [-0.39, 0.29) is 0 Å². The molecule has 1 aliphatic rings. The highest BCUT2D eigenvalue weighted by Crippen LogP contribution is 2.68. The van der Waals surface area contributed by atoms with Gasteiger partial charge in [0, 0.05) is 10.3 Å². The molecule has 0 atom stereocenters. The van der Waals surface area contributed by atoms with Gasteiger partial charge in [0.05, 0.1) is 6.61 Å². The predicted molar refractivity (Wildman–Crippen MR) is 98.1 cm³/mol. The first kappa shape index (κ1) is 15.2. The minimum absolute atomic E-state index is 0.794. The zero-order chi connectivity index (χ0) is 14.7. The summed E-state index contributed by atoms with van der Waals surface area (Å²) in [4.78, 5) is 1.51. The lowest BCUT2D eigenvalue weighted by Gasteiger charge is -2.30. The molecule has 0 N–H and O–H groups in total. The lowest BCUT2D eigenvalue weighted by molar-refractivity contribution is 0.313. The van der Waals surface area contributed by atoms with E-state index in [2.05, 4.69) is 58.1 Å². The van der Waals surface area contributed by atoms with Crippen molar-refractivity contribution in [2.45, 2.75) is 37.5 Å². The molecule has 0 spiro atoms. The van der Waals surface area contributed by atoms with Crippen molar-refractivity contribution < 1.29 is 4.74 Å². The van der Waals surface area contributed by atoms with E-state index in [0.717, 1.165) is 18.8 Å². The van der Waals surface area contributed by atoms with Crippen molar-refractivity contribution in [3.8, 4) is 5.75 Å². The van der Waals surface area contributed by atoms with Gasteiger partial charge in [-0.3, -0.25) is 0 Å². The fraction of sp³-hybridized carbons (Fsp3) is 0.444.